The van der Waals surface area contributed by atoms with Crippen molar-refractivity contribution in [3.05, 3.63) is 35.6 Å². The van der Waals surface area contributed by atoms with Crippen molar-refractivity contribution >= 4 is 5.91 Å². The zero-order valence-corrected chi connectivity index (χ0v) is 13.8. The van der Waals surface area contributed by atoms with Crippen molar-refractivity contribution in [1.82, 2.24) is 10.2 Å². The molecule has 0 spiro atoms. The molecular weight excluding hydrogens is 299 g/mol. The number of ether oxygens (including phenoxy) is 2. The van der Waals surface area contributed by atoms with Crippen LogP contribution in [0.4, 0.5) is 4.39 Å². The minimum atomic E-state index is -0.500. The summed E-state index contributed by atoms with van der Waals surface area (Å²) < 4.78 is 24.0. The summed E-state index contributed by atoms with van der Waals surface area (Å²) in [6, 6.07) is 5.75. The maximum absolute atomic E-state index is 13.6. The molecule has 1 aromatic rings. The molecule has 0 radical (unpaired) electrons. The first-order valence-corrected chi connectivity index (χ1v) is 7.98. The van der Waals surface area contributed by atoms with Crippen LogP contribution in [-0.2, 0) is 14.3 Å². The summed E-state index contributed by atoms with van der Waals surface area (Å²) in [4.78, 5) is 14.8. The molecule has 0 aliphatic carbocycles. The Morgan fingerprint density at radius 3 is 2.83 bits per heavy atom. The van der Waals surface area contributed by atoms with Crippen molar-refractivity contribution in [3.8, 4) is 0 Å². The number of nitrogens with one attached hydrogen (secondary N) is 1. The Kier molecular flexibility index (Phi) is 6.95. The zero-order chi connectivity index (χ0) is 16.7. The average Bonchev–Trinajstić information content (AvgIpc) is 2.54. The standard InChI is InChI=1S/C17H25FN2O3/c1-13(6-9-22-2)19-17(21)16(20-7-10-23-11-8-20)14-4-3-5-15(18)12-14/h3-5,12-13,16H,6-11H2,1-2H3,(H,19,21)/t13-,16+/m0/s1. The molecule has 6 heteroatoms. The Morgan fingerprint density at radius 2 is 2.17 bits per heavy atom. The Bertz CT molecular complexity index is 506. The molecule has 1 heterocycles. The van der Waals surface area contributed by atoms with E-state index in [2.05, 4.69) is 5.32 Å². The second-order valence-corrected chi connectivity index (χ2v) is 5.80. The van der Waals surface area contributed by atoms with Crippen LogP contribution in [0.1, 0.15) is 24.9 Å². The number of morpholine rings is 1. The molecule has 1 amide bonds. The Morgan fingerprint density at radius 1 is 1.43 bits per heavy atom. The number of amides is 1. The zero-order valence-electron chi connectivity index (χ0n) is 13.8. The molecule has 128 valence electrons. The van der Waals surface area contributed by atoms with Gasteiger partial charge in [0.2, 0.25) is 5.91 Å². The van der Waals surface area contributed by atoms with Gasteiger partial charge in [-0.2, -0.15) is 0 Å². The predicted molar refractivity (Wildman–Crippen MR) is 85.6 cm³/mol. The van der Waals surface area contributed by atoms with Gasteiger partial charge in [-0.1, -0.05) is 12.1 Å². The van der Waals surface area contributed by atoms with Crippen LogP contribution < -0.4 is 5.32 Å². The Labute approximate surface area is 136 Å². The number of nitrogens with zero attached hydrogens (tertiary/aromatic N) is 1. The monoisotopic (exact) mass is 324 g/mol. The number of rotatable bonds is 7. The first-order chi connectivity index (χ1) is 11.1. The maximum Gasteiger partial charge on any atom is 0.242 e. The fraction of sp³-hybridized carbons (Fsp3) is 0.588. The van der Waals surface area contributed by atoms with E-state index in [-0.39, 0.29) is 17.8 Å². The highest BCUT2D eigenvalue weighted by atomic mass is 19.1. The number of carbonyl (C=O) groups excluding carboxylic acids is 1. The summed E-state index contributed by atoms with van der Waals surface area (Å²) in [5.74, 6) is -0.443. The third kappa shape index (κ3) is 5.27. The lowest BCUT2D eigenvalue weighted by molar-refractivity contribution is -0.129. The van der Waals surface area contributed by atoms with Crippen molar-refractivity contribution in [1.29, 1.82) is 0 Å². The van der Waals surface area contributed by atoms with Crippen LogP contribution in [0.3, 0.4) is 0 Å². The number of methoxy groups -OCH3 is 1. The van der Waals surface area contributed by atoms with E-state index in [4.69, 9.17) is 9.47 Å². The van der Waals surface area contributed by atoms with Gasteiger partial charge in [0.1, 0.15) is 11.9 Å². The van der Waals surface area contributed by atoms with Gasteiger partial charge in [-0.15, -0.1) is 0 Å². The van der Waals surface area contributed by atoms with Crippen LogP contribution in [0.25, 0.3) is 0 Å². The molecule has 23 heavy (non-hydrogen) atoms. The van der Waals surface area contributed by atoms with E-state index >= 15 is 0 Å². The fourth-order valence-corrected chi connectivity index (χ4v) is 2.73. The lowest BCUT2D eigenvalue weighted by Crippen LogP contribution is -2.47. The molecule has 0 saturated carbocycles. The summed E-state index contributed by atoms with van der Waals surface area (Å²) in [6.45, 7) is 5.00. The SMILES string of the molecule is COCC[C@H](C)NC(=O)[C@@H](c1cccc(F)c1)N1CCOCC1. The average molecular weight is 324 g/mol. The summed E-state index contributed by atoms with van der Waals surface area (Å²) in [5.41, 5.74) is 0.670. The van der Waals surface area contributed by atoms with Crippen molar-refractivity contribution in [2.45, 2.75) is 25.4 Å². The summed E-state index contributed by atoms with van der Waals surface area (Å²) in [6.07, 6.45) is 0.737. The fourth-order valence-electron chi connectivity index (χ4n) is 2.73. The highest BCUT2D eigenvalue weighted by Gasteiger charge is 2.29. The third-order valence-corrected chi connectivity index (χ3v) is 3.97. The van der Waals surface area contributed by atoms with Crippen molar-refractivity contribution in [2.75, 3.05) is 40.0 Å². The van der Waals surface area contributed by atoms with Gasteiger partial charge >= 0.3 is 0 Å². The lowest BCUT2D eigenvalue weighted by Gasteiger charge is -2.34. The van der Waals surface area contributed by atoms with Crippen molar-refractivity contribution in [2.24, 2.45) is 0 Å². The maximum atomic E-state index is 13.6. The van der Waals surface area contributed by atoms with Crippen LogP contribution in [0.2, 0.25) is 0 Å². The van der Waals surface area contributed by atoms with Gasteiger partial charge in [-0.05, 0) is 31.0 Å². The van der Waals surface area contributed by atoms with Gasteiger partial charge in [0, 0.05) is 32.8 Å². The van der Waals surface area contributed by atoms with Crippen LogP contribution in [0.15, 0.2) is 24.3 Å². The van der Waals surface area contributed by atoms with Gasteiger partial charge in [-0.3, -0.25) is 9.69 Å². The highest BCUT2D eigenvalue weighted by molar-refractivity contribution is 5.83. The van der Waals surface area contributed by atoms with Gasteiger partial charge in [0.05, 0.1) is 13.2 Å². The Balaban J connectivity index is 2.13. The summed E-state index contributed by atoms with van der Waals surface area (Å²) >= 11 is 0. The van der Waals surface area contributed by atoms with E-state index in [1.54, 1.807) is 19.2 Å². The largest absolute Gasteiger partial charge is 0.385 e. The van der Waals surface area contributed by atoms with E-state index in [0.717, 1.165) is 6.42 Å². The van der Waals surface area contributed by atoms with E-state index < -0.39 is 6.04 Å². The molecule has 1 fully saturated rings. The first kappa shape index (κ1) is 17.8. The lowest BCUT2D eigenvalue weighted by atomic mass is 10.0. The molecular formula is C17H25FN2O3. The second kappa shape index (κ2) is 8.96. The van der Waals surface area contributed by atoms with E-state index in [1.807, 2.05) is 11.8 Å². The topological polar surface area (TPSA) is 50.8 Å². The quantitative estimate of drug-likeness (QED) is 0.830. The molecule has 0 aromatic heterocycles. The number of hydrogen-bond donors (Lipinski definition) is 1. The number of hydrogen-bond acceptors (Lipinski definition) is 4. The minimum Gasteiger partial charge on any atom is -0.385 e. The normalized spacial score (nSPS) is 18.4. The van der Waals surface area contributed by atoms with Gasteiger partial charge in [0.25, 0.3) is 0 Å². The van der Waals surface area contributed by atoms with E-state index in [0.29, 0.717) is 38.5 Å². The second-order valence-electron chi connectivity index (χ2n) is 5.80. The van der Waals surface area contributed by atoms with Crippen LogP contribution in [0.5, 0.6) is 0 Å². The molecule has 5 nitrogen and oxygen atoms in total. The molecule has 0 bridgehead atoms. The molecule has 1 aromatic carbocycles. The minimum absolute atomic E-state index is 0.000417. The molecule has 2 atom stereocenters. The van der Waals surface area contributed by atoms with Crippen molar-refractivity contribution in [3.63, 3.8) is 0 Å². The first-order valence-electron chi connectivity index (χ1n) is 7.98. The number of benzene rings is 1. The molecule has 1 saturated heterocycles. The van der Waals surface area contributed by atoms with E-state index in [9.17, 15) is 9.18 Å². The highest BCUT2D eigenvalue weighted by Crippen LogP contribution is 2.23. The third-order valence-electron chi connectivity index (χ3n) is 3.97. The van der Waals surface area contributed by atoms with Crippen molar-refractivity contribution < 1.29 is 18.7 Å². The van der Waals surface area contributed by atoms with Gasteiger partial charge < -0.3 is 14.8 Å². The number of carbonyl (C=O) groups is 1. The molecule has 2 rings (SSSR count). The predicted octanol–water partition coefficient (Wildman–Crippen LogP) is 1.74. The van der Waals surface area contributed by atoms with Crippen LogP contribution in [0, 0.1) is 5.82 Å². The van der Waals surface area contributed by atoms with Crippen LogP contribution in [-0.4, -0.2) is 56.9 Å². The summed E-state index contributed by atoms with van der Waals surface area (Å²) in [5, 5.41) is 3.01. The smallest absolute Gasteiger partial charge is 0.242 e. The molecule has 1 aliphatic heterocycles. The van der Waals surface area contributed by atoms with E-state index in [1.165, 1.54) is 12.1 Å². The van der Waals surface area contributed by atoms with Gasteiger partial charge in [-0.25, -0.2) is 4.39 Å². The molecule has 0 unspecified atom stereocenters. The molecule has 1 N–H and O–H groups in total. The van der Waals surface area contributed by atoms with Gasteiger partial charge in [0.15, 0.2) is 0 Å². The van der Waals surface area contributed by atoms with Crippen LogP contribution >= 0.6 is 0 Å². The Hall–Kier alpha value is -1.50. The molecule has 1 aliphatic rings. The number of halogens is 1. The summed E-state index contributed by atoms with van der Waals surface area (Å²) in [7, 11) is 1.64.